The smallest absolute Gasteiger partial charge is 0.00518 e. The van der Waals surface area contributed by atoms with Crippen molar-refractivity contribution in [2.45, 2.75) is 154 Å². The third kappa shape index (κ3) is 28.2. The fourth-order valence-corrected chi connectivity index (χ4v) is 5.48. The van der Waals surface area contributed by atoms with Gasteiger partial charge in [-0.2, -0.15) is 0 Å². The van der Waals surface area contributed by atoms with Crippen molar-refractivity contribution in [1.82, 2.24) is 0 Å². The molecule has 4 aliphatic rings. The molecule has 0 fully saturated rings. The molecule has 0 bridgehead atoms. The summed E-state index contributed by atoms with van der Waals surface area (Å²) in [5.74, 6) is 0. The molecular weight excluding hydrogens is 929 g/mol. The van der Waals surface area contributed by atoms with Crippen molar-refractivity contribution in [2.24, 2.45) is 0 Å². The third-order valence-electron chi connectivity index (χ3n) is 6.81. The SMILES string of the molecule is Br/C1=C(\Br)CCCCCC1.C1=CCCCCCC1.C1=CCCCCCC1.C1=CCCCCCC1.[Ir].[Ir]. The van der Waals surface area contributed by atoms with Crippen molar-refractivity contribution in [2.75, 3.05) is 0 Å². The summed E-state index contributed by atoms with van der Waals surface area (Å²) >= 11 is 7.14. The predicted molar refractivity (Wildman–Crippen MR) is 163 cm³/mol. The molecule has 4 rings (SSSR count). The van der Waals surface area contributed by atoms with Crippen molar-refractivity contribution in [3.8, 4) is 0 Å². The van der Waals surface area contributed by atoms with Crippen LogP contribution in [-0.4, -0.2) is 0 Å². The van der Waals surface area contributed by atoms with Gasteiger partial charge < -0.3 is 0 Å². The van der Waals surface area contributed by atoms with Crippen LogP contribution in [0.15, 0.2) is 45.4 Å². The van der Waals surface area contributed by atoms with Gasteiger partial charge in [0.05, 0.1) is 0 Å². The van der Waals surface area contributed by atoms with Gasteiger partial charge in [0.2, 0.25) is 0 Å². The van der Waals surface area contributed by atoms with Crippen LogP contribution < -0.4 is 0 Å². The average molecular weight is 983 g/mol. The molecule has 0 saturated heterocycles. The second-order valence-electron chi connectivity index (χ2n) is 10.1. The van der Waals surface area contributed by atoms with Crippen LogP contribution in [0.1, 0.15) is 154 Å². The van der Waals surface area contributed by atoms with E-state index in [2.05, 4.69) is 68.3 Å². The zero-order valence-corrected chi connectivity index (χ0v) is 30.8. The van der Waals surface area contributed by atoms with E-state index in [-0.39, 0.29) is 40.2 Å². The Balaban J connectivity index is 0. The van der Waals surface area contributed by atoms with E-state index in [4.69, 9.17) is 0 Å². The van der Waals surface area contributed by atoms with Crippen LogP contribution in [0.2, 0.25) is 0 Å². The summed E-state index contributed by atoms with van der Waals surface area (Å²) in [7, 11) is 0. The standard InChI is InChI=1S/C8H12Br2.3C8H14.2Ir/c9-7-5-3-1-2-4-6-8(7)10;3*1-2-4-6-8-7-5-3-1;;/h1-6H2;3*1-2H,3-8H2;;/b8-7-;;;;;. The Bertz CT molecular complexity index is 468. The van der Waals surface area contributed by atoms with Crippen LogP contribution in [-0.2, 0) is 40.2 Å². The number of allylic oxidation sites excluding steroid dienone is 8. The summed E-state index contributed by atoms with van der Waals surface area (Å²) in [6.07, 6.45) is 46.9. The minimum atomic E-state index is 0. The molecule has 0 aromatic rings. The molecule has 0 spiro atoms. The van der Waals surface area contributed by atoms with Gasteiger partial charge in [-0.1, -0.05) is 120 Å². The minimum Gasteiger partial charge on any atom is -0.0885 e. The molecule has 0 nitrogen and oxygen atoms in total. The van der Waals surface area contributed by atoms with Crippen molar-refractivity contribution >= 4 is 31.9 Å². The first-order valence-corrected chi connectivity index (χ1v) is 16.4. The first kappa shape index (κ1) is 39.4. The molecule has 0 saturated carbocycles. The van der Waals surface area contributed by atoms with Crippen LogP contribution in [0, 0.1) is 0 Å². The van der Waals surface area contributed by atoms with Gasteiger partial charge >= 0.3 is 0 Å². The van der Waals surface area contributed by atoms with Crippen LogP contribution >= 0.6 is 31.9 Å². The monoisotopic (exact) mass is 982 g/mol. The zero-order chi connectivity index (χ0) is 24.4. The maximum absolute atomic E-state index is 3.57. The molecule has 0 aliphatic heterocycles. The summed E-state index contributed by atoms with van der Waals surface area (Å²) in [6, 6.07) is 0. The molecule has 0 N–H and O–H groups in total. The van der Waals surface area contributed by atoms with Gasteiger partial charge in [0, 0.05) is 49.2 Å². The third-order valence-corrected chi connectivity index (χ3v) is 9.09. The summed E-state index contributed by atoms with van der Waals surface area (Å²) in [5.41, 5.74) is 0. The number of hydrogen-bond acceptors (Lipinski definition) is 0. The molecule has 0 aromatic carbocycles. The van der Waals surface area contributed by atoms with E-state index >= 15 is 0 Å². The van der Waals surface area contributed by atoms with Crippen LogP contribution in [0.5, 0.6) is 0 Å². The summed E-state index contributed by atoms with van der Waals surface area (Å²) in [4.78, 5) is 0. The molecule has 0 aromatic heterocycles. The van der Waals surface area contributed by atoms with Gasteiger partial charge in [-0.15, -0.1) is 0 Å². The van der Waals surface area contributed by atoms with Gasteiger partial charge in [-0.05, 0) is 103 Å². The Morgan fingerprint density at radius 3 is 0.722 bits per heavy atom. The number of hydrogen-bond donors (Lipinski definition) is 0. The second kappa shape index (κ2) is 32.4. The molecule has 2 radical (unpaired) electrons. The summed E-state index contributed by atoms with van der Waals surface area (Å²) < 4.78 is 2.76. The Kier molecular flexibility index (Phi) is 35.5. The maximum atomic E-state index is 3.57. The summed E-state index contributed by atoms with van der Waals surface area (Å²) in [6.45, 7) is 0. The number of rotatable bonds is 0. The van der Waals surface area contributed by atoms with E-state index in [1.807, 2.05) is 0 Å². The molecule has 0 amide bonds. The first-order chi connectivity index (χ1) is 16.8. The fourth-order valence-electron chi connectivity index (χ4n) is 4.53. The normalized spacial score (nSPS) is 22.8. The largest absolute Gasteiger partial charge is 0.0885 e. The van der Waals surface area contributed by atoms with E-state index in [9.17, 15) is 0 Å². The second-order valence-corrected chi connectivity index (χ2v) is 12.0. The first-order valence-electron chi connectivity index (χ1n) is 14.8. The van der Waals surface area contributed by atoms with E-state index in [0.29, 0.717) is 0 Å². The van der Waals surface area contributed by atoms with E-state index in [1.54, 1.807) is 0 Å². The van der Waals surface area contributed by atoms with Crippen LogP contribution in [0.4, 0.5) is 0 Å². The van der Waals surface area contributed by atoms with Gasteiger partial charge in [-0.25, -0.2) is 0 Å². The van der Waals surface area contributed by atoms with Gasteiger partial charge in [0.25, 0.3) is 0 Å². The predicted octanol–water partition coefficient (Wildman–Crippen LogP) is 13.0. The topological polar surface area (TPSA) is 0 Å². The number of halogens is 2. The summed E-state index contributed by atoms with van der Waals surface area (Å²) in [5, 5.41) is 0. The quantitative estimate of drug-likeness (QED) is 0.212. The Morgan fingerprint density at radius 2 is 0.500 bits per heavy atom. The minimum absolute atomic E-state index is 0. The van der Waals surface area contributed by atoms with Crippen molar-refractivity contribution in [3.63, 3.8) is 0 Å². The van der Waals surface area contributed by atoms with Crippen molar-refractivity contribution < 1.29 is 40.2 Å². The van der Waals surface area contributed by atoms with Gasteiger partial charge in [0.15, 0.2) is 0 Å². The van der Waals surface area contributed by atoms with Crippen LogP contribution in [0.25, 0.3) is 0 Å². The van der Waals surface area contributed by atoms with E-state index in [1.165, 1.54) is 163 Å². The van der Waals surface area contributed by atoms with Gasteiger partial charge in [0.1, 0.15) is 0 Å². The molecule has 4 aliphatic carbocycles. The van der Waals surface area contributed by atoms with Crippen molar-refractivity contribution in [3.05, 3.63) is 45.4 Å². The van der Waals surface area contributed by atoms with E-state index < -0.39 is 0 Å². The average Bonchev–Trinajstić information content (AvgIpc) is 2.75. The van der Waals surface area contributed by atoms with Gasteiger partial charge in [-0.3, -0.25) is 0 Å². The molecule has 214 valence electrons. The van der Waals surface area contributed by atoms with Crippen molar-refractivity contribution in [1.29, 1.82) is 0 Å². The molecule has 36 heavy (non-hydrogen) atoms. The van der Waals surface area contributed by atoms with E-state index in [0.717, 1.165) is 0 Å². The fraction of sp³-hybridized carbons (Fsp3) is 0.750. The molecule has 4 heteroatoms. The maximum Gasteiger partial charge on any atom is 0.00518 e. The molecular formula is C32H54Br2Ir2. The van der Waals surface area contributed by atoms with Crippen LogP contribution in [0.3, 0.4) is 0 Å². The molecule has 0 atom stereocenters. The molecule has 0 unspecified atom stereocenters. The molecule has 0 heterocycles. The Hall–Kier alpha value is 1.22. The Morgan fingerprint density at radius 1 is 0.306 bits per heavy atom. The Labute approximate surface area is 269 Å². The zero-order valence-electron chi connectivity index (χ0n) is 22.9.